The lowest BCUT2D eigenvalue weighted by Crippen LogP contribution is -2.26. The maximum absolute atomic E-state index is 12.7. The molecule has 7 nitrogen and oxygen atoms in total. The zero-order valence-electron chi connectivity index (χ0n) is 15.3. The molecule has 142 valence electrons. The first-order chi connectivity index (χ1) is 12.7. The molecule has 0 saturated carbocycles. The van der Waals surface area contributed by atoms with E-state index in [9.17, 15) is 13.6 Å². The lowest BCUT2D eigenvalue weighted by Gasteiger charge is -2.19. The van der Waals surface area contributed by atoms with Crippen molar-refractivity contribution in [1.29, 1.82) is 0 Å². The molecule has 1 N–H and O–H groups in total. The van der Waals surface area contributed by atoms with E-state index in [1.54, 1.807) is 39.4 Å². The topological polar surface area (TPSA) is 96.3 Å². The van der Waals surface area contributed by atoms with E-state index in [1.165, 1.54) is 4.57 Å². The first-order valence-electron chi connectivity index (χ1n) is 8.35. The minimum absolute atomic E-state index is 0.0804. The highest BCUT2D eigenvalue weighted by atomic mass is 32.2. The number of hydrogen-bond donors (Lipinski definition) is 1. The van der Waals surface area contributed by atoms with E-state index in [0.717, 1.165) is 16.5 Å². The lowest BCUT2D eigenvalue weighted by atomic mass is 10.0. The summed E-state index contributed by atoms with van der Waals surface area (Å²) in [7, 11) is 0. The van der Waals surface area contributed by atoms with Gasteiger partial charge in [-0.2, -0.15) is 0 Å². The Morgan fingerprint density at radius 3 is 2.56 bits per heavy atom. The summed E-state index contributed by atoms with van der Waals surface area (Å²) in [5.41, 5.74) is 2.56. The third-order valence-electron chi connectivity index (χ3n) is 3.87. The van der Waals surface area contributed by atoms with Crippen LogP contribution in [-0.4, -0.2) is 30.0 Å². The second-order valence-electron chi connectivity index (χ2n) is 7.03. The summed E-state index contributed by atoms with van der Waals surface area (Å²) in [4.78, 5) is 16.7. The molecule has 0 bridgehead atoms. The summed E-state index contributed by atoms with van der Waals surface area (Å²) < 4.78 is 31.0. The molecule has 1 unspecified atom stereocenters. The average molecular weight is 386 g/mol. The first kappa shape index (κ1) is 19.2. The number of hydrogen-bond acceptors (Lipinski definition) is 5. The van der Waals surface area contributed by atoms with Crippen molar-refractivity contribution in [3.05, 3.63) is 54.5 Å². The standard InChI is InChI=1S/C19H21N3O4S/c1-19(2,3)26-18(23)22-12-15(11-21-27(24)25)16-5-4-14(10-17(16)22)13-6-8-20-9-7-13/h4-10,12,21H,11H2,1-3H3,(H,24,25)/p-1. The van der Waals surface area contributed by atoms with Gasteiger partial charge in [-0.1, -0.05) is 12.1 Å². The molecule has 0 aliphatic carbocycles. The van der Waals surface area contributed by atoms with Crippen LogP contribution < -0.4 is 4.72 Å². The number of carbonyl (C=O) groups is 1. The molecule has 2 heterocycles. The smallest absolute Gasteiger partial charge is 0.419 e. The van der Waals surface area contributed by atoms with E-state index in [1.807, 2.05) is 30.3 Å². The Bertz CT molecular complexity index is 993. The molecule has 1 aromatic carbocycles. The number of carbonyl (C=O) groups excluding carboxylic acids is 1. The van der Waals surface area contributed by atoms with Crippen LogP contribution >= 0.6 is 0 Å². The second-order valence-corrected chi connectivity index (χ2v) is 7.79. The van der Waals surface area contributed by atoms with Gasteiger partial charge in [0, 0.05) is 41.8 Å². The van der Waals surface area contributed by atoms with Crippen LogP contribution in [0.15, 0.2) is 48.9 Å². The van der Waals surface area contributed by atoms with Crippen molar-refractivity contribution in [1.82, 2.24) is 14.3 Å². The van der Waals surface area contributed by atoms with Gasteiger partial charge < -0.3 is 9.29 Å². The zero-order valence-corrected chi connectivity index (χ0v) is 16.1. The summed E-state index contributed by atoms with van der Waals surface area (Å²) in [6.45, 7) is 5.46. The first-order valence-corrected chi connectivity index (χ1v) is 9.42. The number of benzene rings is 1. The molecule has 0 radical (unpaired) electrons. The third kappa shape index (κ3) is 4.60. The number of nitrogens with zero attached hydrogens (tertiary/aromatic N) is 2. The normalized spacial score (nSPS) is 12.9. The van der Waals surface area contributed by atoms with Gasteiger partial charge in [0.2, 0.25) is 0 Å². The lowest BCUT2D eigenvalue weighted by molar-refractivity contribution is 0.0544. The van der Waals surface area contributed by atoms with Gasteiger partial charge in [-0.3, -0.25) is 13.8 Å². The van der Waals surface area contributed by atoms with E-state index in [2.05, 4.69) is 9.71 Å². The Balaban J connectivity index is 2.10. The van der Waals surface area contributed by atoms with Crippen molar-refractivity contribution < 1.29 is 18.3 Å². The van der Waals surface area contributed by atoms with Crippen molar-refractivity contribution in [2.75, 3.05) is 0 Å². The molecule has 27 heavy (non-hydrogen) atoms. The van der Waals surface area contributed by atoms with E-state index >= 15 is 0 Å². The van der Waals surface area contributed by atoms with Gasteiger partial charge in [0.1, 0.15) is 5.60 Å². The summed E-state index contributed by atoms with van der Waals surface area (Å²) in [5.74, 6) is 0. The fourth-order valence-corrected chi connectivity index (χ4v) is 3.03. The van der Waals surface area contributed by atoms with Crippen molar-refractivity contribution >= 4 is 28.3 Å². The van der Waals surface area contributed by atoms with E-state index < -0.39 is 23.0 Å². The molecular weight excluding hydrogens is 366 g/mol. The van der Waals surface area contributed by atoms with Crippen LogP contribution in [0.25, 0.3) is 22.0 Å². The van der Waals surface area contributed by atoms with Crippen LogP contribution in [0.2, 0.25) is 0 Å². The van der Waals surface area contributed by atoms with Gasteiger partial charge in [0.05, 0.1) is 5.52 Å². The Hall–Kier alpha value is -2.55. The van der Waals surface area contributed by atoms with Gasteiger partial charge in [0.25, 0.3) is 0 Å². The maximum Gasteiger partial charge on any atom is 0.419 e. The molecule has 0 amide bonds. The van der Waals surface area contributed by atoms with Crippen LogP contribution in [0.3, 0.4) is 0 Å². The van der Waals surface area contributed by atoms with Crippen molar-refractivity contribution in [2.24, 2.45) is 0 Å². The molecule has 8 heteroatoms. The van der Waals surface area contributed by atoms with Crippen molar-refractivity contribution in [3.8, 4) is 11.1 Å². The number of rotatable bonds is 4. The Labute approximate surface area is 159 Å². The van der Waals surface area contributed by atoms with Crippen LogP contribution in [0.5, 0.6) is 0 Å². The van der Waals surface area contributed by atoms with Crippen LogP contribution in [0, 0.1) is 0 Å². The average Bonchev–Trinajstić information content (AvgIpc) is 2.97. The van der Waals surface area contributed by atoms with Crippen LogP contribution in [0.4, 0.5) is 4.79 Å². The molecule has 0 spiro atoms. The fraction of sp³-hybridized carbons (Fsp3) is 0.263. The third-order valence-corrected chi connectivity index (χ3v) is 4.25. The summed E-state index contributed by atoms with van der Waals surface area (Å²) in [6, 6.07) is 9.44. The van der Waals surface area contributed by atoms with Gasteiger partial charge in [-0.05, 0) is 55.7 Å². The van der Waals surface area contributed by atoms with Crippen LogP contribution in [0.1, 0.15) is 26.3 Å². The zero-order chi connectivity index (χ0) is 19.6. The van der Waals surface area contributed by atoms with E-state index in [-0.39, 0.29) is 6.54 Å². The molecule has 0 fully saturated rings. The van der Waals surface area contributed by atoms with E-state index in [0.29, 0.717) is 11.1 Å². The number of aromatic nitrogens is 2. The molecule has 0 aliphatic rings. The monoisotopic (exact) mass is 386 g/mol. The van der Waals surface area contributed by atoms with E-state index in [4.69, 9.17) is 4.74 Å². The Morgan fingerprint density at radius 1 is 1.22 bits per heavy atom. The van der Waals surface area contributed by atoms with Crippen LogP contribution in [-0.2, 0) is 22.5 Å². The molecule has 0 aliphatic heterocycles. The van der Waals surface area contributed by atoms with Gasteiger partial charge in [-0.15, -0.1) is 0 Å². The largest absolute Gasteiger partial charge is 0.760 e. The van der Waals surface area contributed by atoms with Crippen molar-refractivity contribution in [2.45, 2.75) is 32.9 Å². The highest BCUT2D eigenvalue weighted by Gasteiger charge is 2.21. The summed E-state index contributed by atoms with van der Waals surface area (Å²) in [6.07, 6.45) is 4.49. The predicted molar refractivity (Wildman–Crippen MR) is 103 cm³/mol. The Kier molecular flexibility index (Phi) is 5.41. The molecular formula is C19H20N3O4S-. The van der Waals surface area contributed by atoms with Gasteiger partial charge >= 0.3 is 6.09 Å². The maximum atomic E-state index is 12.7. The highest BCUT2D eigenvalue weighted by molar-refractivity contribution is 7.77. The molecule has 3 rings (SSSR count). The molecule has 2 aromatic heterocycles. The molecule has 0 saturated heterocycles. The quantitative estimate of drug-likeness (QED) is 0.694. The molecule has 3 aromatic rings. The number of nitrogens with one attached hydrogen (secondary N) is 1. The van der Waals surface area contributed by atoms with Crippen molar-refractivity contribution in [3.63, 3.8) is 0 Å². The minimum atomic E-state index is -2.39. The number of fused-ring (bicyclic) bond motifs is 1. The fourth-order valence-electron chi connectivity index (χ4n) is 2.76. The van der Waals surface area contributed by atoms with Gasteiger partial charge in [-0.25, -0.2) is 9.52 Å². The minimum Gasteiger partial charge on any atom is -0.760 e. The predicted octanol–water partition coefficient (Wildman–Crippen LogP) is 3.37. The highest BCUT2D eigenvalue weighted by Crippen LogP contribution is 2.28. The number of pyridine rings is 1. The summed E-state index contributed by atoms with van der Waals surface area (Å²) >= 11 is -2.39. The number of ether oxygens (including phenoxy) is 1. The SMILES string of the molecule is CC(C)(C)OC(=O)n1cc(CNS(=O)[O-])c2ccc(-c3ccncc3)cc21. The summed E-state index contributed by atoms with van der Waals surface area (Å²) in [5, 5.41) is 0.775. The molecule has 1 atom stereocenters. The Morgan fingerprint density at radius 2 is 1.93 bits per heavy atom. The van der Waals surface area contributed by atoms with Gasteiger partial charge in [0.15, 0.2) is 0 Å². The second kappa shape index (κ2) is 7.59.